The summed E-state index contributed by atoms with van der Waals surface area (Å²) in [5.41, 5.74) is 3.35. The Bertz CT molecular complexity index is 1760. The predicted octanol–water partition coefficient (Wildman–Crippen LogP) is 4.04. The van der Waals surface area contributed by atoms with Crippen molar-refractivity contribution < 1.29 is 23.1 Å². The number of fused-ring (bicyclic) bond motifs is 2. The van der Waals surface area contributed by atoms with Crippen molar-refractivity contribution >= 4 is 44.8 Å². The summed E-state index contributed by atoms with van der Waals surface area (Å²) in [6.45, 7) is -0.0815. The van der Waals surface area contributed by atoms with Gasteiger partial charge in [-0.15, -0.1) is 11.3 Å². The van der Waals surface area contributed by atoms with Crippen LogP contribution in [-0.2, 0) is 12.7 Å². The van der Waals surface area contributed by atoms with Gasteiger partial charge in [-0.25, -0.2) is 14.2 Å². The third-order valence-electron chi connectivity index (χ3n) is 5.62. The highest BCUT2D eigenvalue weighted by molar-refractivity contribution is 7.09. The summed E-state index contributed by atoms with van der Waals surface area (Å²) in [5.74, 6) is -1.52. The van der Waals surface area contributed by atoms with E-state index in [1.807, 2.05) is 0 Å². The molecule has 0 aliphatic carbocycles. The minimum Gasteiger partial charge on any atom is -0.477 e. The number of aromatic nitrogens is 3. The molecule has 0 aliphatic heterocycles. The fraction of sp³-hybridized carbons (Fsp3) is 0.0870. The second-order valence-electron chi connectivity index (χ2n) is 7.83. The number of carboxylic acids is 1. The summed E-state index contributed by atoms with van der Waals surface area (Å²) in [6.07, 6.45) is -4.74. The number of carbonyl (C=O) groups is 1. The summed E-state index contributed by atoms with van der Waals surface area (Å²) in [5, 5.41) is 13.0. The van der Waals surface area contributed by atoms with Crippen LogP contribution in [0.3, 0.4) is 0 Å². The molecule has 5 rings (SSSR count). The Balaban J connectivity index is 1.93. The number of hydrogen-bond donors (Lipinski definition) is 3. The molecular weight excluding hydrogens is 485 g/mol. The van der Waals surface area contributed by atoms with Crippen LogP contribution >= 0.6 is 11.3 Å². The first kappa shape index (κ1) is 22.5. The van der Waals surface area contributed by atoms with Crippen molar-refractivity contribution in [3.8, 4) is 5.69 Å². The van der Waals surface area contributed by atoms with E-state index in [0.717, 1.165) is 29.5 Å². The van der Waals surface area contributed by atoms with Gasteiger partial charge in [0.05, 0.1) is 27.7 Å². The standard InChI is InChI=1S/C23H15F3N4O4S/c24-23(25,26)12-4-5-17-14(7-12)18(30-20(31)15-9-35-10-16(15)28-22(30)34)19(21(32)33)29(17)8-11-2-1-3-13(27)6-11/h1-7,9-10H,8,27H2,(H,28,34)(H,32,33). The van der Waals surface area contributed by atoms with Gasteiger partial charge in [0, 0.05) is 28.4 Å². The lowest BCUT2D eigenvalue weighted by Crippen LogP contribution is -2.34. The fourth-order valence-electron chi connectivity index (χ4n) is 4.14. The van der Waals surface area contributed by atoms with Crippen molar-refractivity contribution in [3.63, 3.8) is 0 Å². The molecule has 0 spiro atoms. The molecule has 8 nitrogen and oxygen atoms in total. The molecule has 0 bridgehead atoms. The summed E-state index contributed by atoms with van der Waals surface area (Å²) < 4.78 is 42.5. The van der Waals surface area contributed by atoms with E-state index in [1.165, 1.54) is 15.3 Å². The van der Waals surface area contributed by atoms with Crippen LogP contribution in [-0.4, -0.2) is 25.2 Å². The Morgan fingerprint density at radius 1 is 1.09 bits per heavy atom. The quantitative estimate of drug-likeness (QED) is 0.322. The molecule has 0 atom stereocenters. The summed E-state index contributed by atoms with van der Waals surface area (Å²) in [4.78, 5) is 41.1. The number of carboxylic acid groups (broad SMARTS) is 1. The molecule has 0 radical (unpaired) electrons. The third-order valence-corrected chi connectivity index (χ3v) is 6.37. The van der Waals surface area contributed by atoms with Crippen molar-refractivity contribution in [2.24, 2.45) is 0 Å². The normalized spacial score (nSPS) is 12.0. The first-order valence-corrected chi connectivity index (χ1v) is 11.0. The van der Waals surface area contributed by atoms with Gasteiger partial charge in [-0.2, -0.15) is 13.2 Å². The lowest BCUT2D eigenvalue weighted by Gasteiger charge is -2.11. The van der Waals surface area contributed by atoms with Crippen LogP contribution in [0.1, 0.15) is 21.6 Å². The molecule has 0 unspecified atom stereocenters. The average molecular weight is 500 g/mol. The van der Waals surface area contributed by atoms with Crippen molar-refractivity contribution in [2.45, 2.75) is 12.7 Å². The second-order valence-corrected chi connectivity index (χ2v) is 8.58. The minimum atomic E-state index is -4.74. The van der Waals surface area contributed by atoms with Crippen molar-refractivity contribution in [3.05, 3.63) is 90.9 Å². The van der Waals surface area contributed by atoms with Crippen LogP contribution in [0.25, 0.3) is 27.5 Å². The zero-order chi connectivity index (χ0) is 25.1. The van der Waals surface area contributed by atoms with Gasteiger partial charge in [0.15, 0.2) is 5.69 Å². The molecule has 3 heterocycles. The number of hydrogen-bond acceptors (Lipinski definition) is 5. The minimum absolute atomic E-state index is 0.0815. The van der Waals surface area contributed by atoms with E-state index in [1.54, 1.807) is 24.3 Å². The number of thiophene rings is 1. The smallest absolute Gasteiger partial charge is 0.416 e. The Kier molecular flexibility index (Phi) is 5.06. The average Bonchev–Trinajstić information content (AvgIpc) is 3.36. The maximum Gasteiger partial charge on any atom is 0.416 e. The molecule has 3 aromatic heterocycles. The number of H-pyrrole nitrogens is 1. The molecule has 4 N–H and O–H groups in total. The number of benzene rings is 2. The van der Waals surface area contributed by atoms with Gasteiger partial charge in [-0.1, -0.05) is 12.1 Å². The Labute approximate surface area is 197 Å². The van der Waals surface area contributed by atoms with Crippen molar-refractivity contribution in [1.29, 1.82) is 0 Å². The zero-order valence-electron chi connectivity index (χ0n) is 17.6. The van der Waals surface area contributed by atoms with E-state index >= 15 is 0 Å². The Morgan fingerprint density at radius 3 is 2.54 bits per heavy atom. The number of nitrogens with zero attached hydrogens (tertiary/aromatic N) is 2. The highest BCUT2D eigenvalue weighted by Gasteiger charge is 2.33. The summed E-state index contributed by atoms with van der Waals surface area (Å²) >= 11 is 1.14. The number of alkyl halides is 3. The third kappa shape index (κ3) is 3.67. The predicted molar refractivity (Wildman–Crippen MR) is 125 cm³/mol. The van der Waals surface area contributed by atoms with Crippen LogP contribution in [0.5, 0.6) is 0 Å². The highest BCUT2D eigenvalue weighted by atomic mass is 32.1. The van der Waals surface area contributed by atoms with Gasteiger partial charge in [0.1, 0.15) is 0 Å². The topological polar surface area (TPSA) is 123 Å². The molecule has 178 valence electrons. The first-order valence-electron chi connectivity index (χ1n) is 10.1. The number of nitrogen functional groups attached to an aromatic ring is 1. The number of rotatable bonds is 4. The number of nitrogens with one attached hydrogen (secondary N) is 1. The molecule has 5 aromatic rings. The van der Waals surface area contributed by atoms with E-state index < -0.39 is 40.3 Å². The van der Waals surface area contributed by atoms with Crippen LogP contribution in [0.15, 0.2) is 62.8 Å². The van der Waals surface area contributed by atoms with Crippen molar-refractivity contribution in [1.82, 2.24) is 14.1 Å². The van der Waals surface area contributed by atoms with Crippen LogP contribution in [0.4, 0.5) is 18.9 Å². The van der Waals surface area contributed by atoms with Gasteiger partial charge in [0.2, 0.25) is 0 Å². The molecular formula is C23H15F3N4O4S. The Morgan fingerprint density at radius 2 is 1.86 bits per heavy atom. The maximum atomic E-state index is 13.6. The first-order chi connectivity index (χ1) is 16.6. The SMILES string of the molecule is Nc1cccc(Cn2c(C(=O)O)c(-n3c(=O)[nH]c4cscc4c3=O)c3cc(C(F)(F)F)ccc32)c1. The van der Waals surface area contributed by atoms with Gasteiger partial charge in [0.25, 0.3) is 5.56 Å². The largest absolute Gasteiger partial charge is 0.477 e. The highest BCUT2D eigenvalue weighted by Crippen LogP contribution is 2.36. The molecule has 0 aliphatic rings. The van der Waals surface area contributed by atoms with E-state index in [2.05, 4.69) is 4.98 Å². The number of aromatic carboxylic acids is 1. The molecule has 12 heteroatoms. The molecule has 0 amide bonds. The summed E-state index contributed by atoms with van der Waals surface area (Å²) in [7, 11) is 0. The van der Waals surface area contributed by atoms with E-state index in [-0.39, 0.29) is 28.4 Å². The van der Waals surface area contributed by atoms with Crippen LogP contribution in [0, 0.1) is 0 Å². The van der Waals surface area contributed by atoms with Gasteiger partial charge >= 0.3 is 17.8 Å². The molecule has 35 heavy (non-hydrogen) atoms. The van der Waals surface area contributed by atoms with E-state index in [9.17, 15) is 32.7 Å². The van der Waals surface area contributed by atoms with Crippen LogP contribution < -0.4 is 17.0 Å². The number of aromatic amines is 1. The van der Waals surface area contributed by atoms with Gasteiger partial charge in [-0.05, 0) is 35.9 Å². The molecule has 0 saturated carbocycles. The second kappa shape index (κ2) is 7.87. The Hall–Kier alpha value is -4.32. The number of anilines is 1. The van der Waals surface area contributed by atoms with Gasteiger partial charge < -0.3 is 20.4 Å². The van der Waals surface area contributed by atoms with E-state index in [0.29, 0.717) is 15.8 Å². The fourth-order valence-corrected chi connectivity index (χ4v) is 4.89. The molecule has 0 fully saturated rings. The zero-order valence-corrected chi connectivity index (χ0v) is 18.4. The lowest BCUT2D eigenvalue weighted by atomic mass is 10.1. The van der Waals surface area contributed by atoms with Gasteiger partial charge in [-0.3, -0.25) is 4.79 Å². The lowest BCUT2D eigenvalue weighted by molar-refractivity contribution is -0.137. The monoisotopic (exact) mass is 500 g/mol. The summed E-state index contributed by atoms with van der Waals surface area (Å²) in [6, 6.07) is 9.25. The number of nitrogens with two attached hydrogens (primary N) is 1. The maximum absolute atomic E-state index is 13.6. The molecule has 2 aromatic carbocycles. The van der Waals surface area contributed by atoms with Crippen molar-refractivity contribution in [2.75, 3.05) is 5.73 Å². The number of halogens is 3. The molecule has 0 saturated heterocycles. The van der Waals surface area contributed by atoms with Crippen LogP contribution in [0.2, 0.25) is 0 Å². The van der Waals surface area contributed by atoms with E-state index in [4.69, 9.17) is 5.73 Å².